The van der Waals surface area contributed by atoms with Gasteiger partial charge in [0.25, 0.3) is 0 Å². The molecule has 1 aromatic rings. The fourth-order valence-electron chi connectivity index (χ4n) is 2.20. The second-order valence-electron chi connectivity index (χ2n) is 6.36. The van der Waals surface area contributed by atoms with Crippen LogP contribution in [0.5, 0.6) is 0 Å². The van der Waals surface area contributed by atoms with Crippen molar-refractivity contribution in [3.63, 3.8) is 0 Å². The first-order chi connectivity index (χ1) is 11.2. The average molecular weight is 356 g/mol. The maximum atomic E-state index is 12.2. The highest BCUT2D eigenvalue weighted by molar-refractivity contribution is 7.89. The van der Waals surface area contributed by atoms with Crippen molar-refractivity contribution in [3.8, 4) is 0 Å². The third kappa shape index (κ3) is 6.22. The first-order valence-electron chi connectivity index (χ1n) is 8.19. The highest BCUT2D eigenvalue weighted by Gasteiger charge is 2.14. The largest absolute Gasteiger partial charge is 0.346 e. The Balaban J connectivity index is 2.49. The van der Waals surface area contributed by atoms with Gasteiger partial charge in [-0.15, -0.1) is 0 Å². The Labute approximate surface area is 145 Å². The minimum absolute atomic E-state index is 0.0675. The molecule has 6 nitrogen and oxygen atoms in total. The predicted octanol–water partition coefficient (Wildman–Crippen LogP) is 1.36. The highest BCUT2D eigenvalue weighted by Crippen LogP contribution is 2.12. The van der Waals surface area contributed by atoms with Gasteiger partial charge in [0.05, 0.1) is 4.90 Å². The summed E-state index contributed by atoms with van der Waals surface area (Å²) < 4.78 is 25.6. The van der Waals surface area contributed by atoms with Crippen molar-refractivity contribution < 1.29 is 13.2 Å². The van der Waals surface area contributed by atoms with Gasteiger partial charge in [0.15, 0.2) is 0 Å². The van der Waals surface area contributed by atoms with E-state index in [1.807, 2.05) is 0 Å². The van der Waals surface area contributed by atoms with Crippen LogP contribution in [-0.2, 0) is 21.2 Å². The molecule has 1 amide bonds. The van der Waals surface area contributed by atoms with Crippen LogP contribution in [-0.4, -0.2) is 45.9 Å². The molecule has 0 aromatic heterocycles. The molecular weight excluding hydrogens is 326 g/mol. The van der Waals surface area contributed by atoms with E-state index in [0.717, 1.165) is 12.0 Å². The van der Waals surface area contributed by atoms with Crippen LogP contribution in [0.1, 0.15) is 32.3 Å². The van der Waals surface area contributed by atoms with Gasteiger partial charge in [-0.05, 0) is 43.5 Å². The maximum Gasteiger partial charge on any atom is 0.240 e. The molecule has 0 aliphatic heterocycles. The zero-order valence-corrected chi connectivity index (χ0v) is 15.8. The Morgan fingerprint density at radius 1 is 1.25 bits per heavy atom. The van der Waals surface area contributed by atoms with Crippen molar-refractivity contribution in [3.05, 3.63) is 29.8 Å². The van der Waals surface area contributed by atoms with Crippen LogP contribution in [0.3, 0.4) is 0 Å². The van der Waals surface area contributed by atoms with Crippen molar-refractivity contribution in [2.24, 2.45) is 11.7 Å². The molecule has 1 atom stereocenters. The second-order valence-corrected chi connectivity index (χ2v) is 8.25. The lowest BCUT2D eigenvalue weighted by atomic mass is 10.0. The number of hydrogen-bond donors (Lipinski definition) is 2. The Hall–Kier alpha value is -1.44. The minimum Gasteiger partial charge on any atom is -0.346 e. The van der Waals surface area contributed by atoms with Crippen LogP contribution in [0.15, 0.2) is 29.2 Å². The number of nitrogens with one attached hydrogen (secondary N) is 1. The molecule has 7 heteroatoms. The highest BCUT2D eigenvalue weighted by atomic mass is 32.2. The van der Waals surface area contributed by atoms with Gasteiger partial charge >= 0.3 is 0 Å². The first kappa shape index (κ1) is 20.6. The van der Waals surface area contributed by atoms with E-state index in [1.54, 1.807) is 36.2 Å². The summed E-state index contributed by atoms with van der Waals surface area (Å²) in [7, 11) is -0.252. The van der Waals surface area contributed by atoms with Crippen molar-refractivity contribution in [1.82, 2.24) is 9.62 Å². The molecule has 1 rings (SSSR count). The van der Waals surface area contributed by atoms with Gasteiger partial charge in [0, 0.05) is 26.1 Å². The standard InChI is InChI=1S/C17H29N3O3S/c1-13(2)16(18)11-12-20(4)17(21)10-7-14-5-8-15(9-6-14)24(22,23)19-3/h5-6,8-9,13,16,19H,7,10-12,18H2,1-4H3. The SMILES string of the molecule is CNS(=O)(=O)c1ccc(CCC(=O)N(C)CCC(N)C(C)C)cc1. The van der Waals surface area contributed by atoms with Crippen molar-refractivity contribution in [2.75, 3.05) is 20.6 Å². The number of rotatable bonds is 9. The molecule has 0 saturated carbocycles. The normalized spacial score (nSPS) is 13.1. The molecule has 0 heterocycles. The Kier molecular flexibility index (Phi) is 7.86. The molecule has 0 fully saturated rings. The third-order valence-electron chi connectivity index (χ3n) is 4.21. The quantitative estimate of drug-likeness (QED) is 0.699. The molecule has 0 bridgehead atoms. The number of carbonyl (C=O) groups is 1. The van der Waals surface area contributed by atoms with Crippen LogP contribution < -0.4 is 10.5 Å². The topological polar surface area (TPSA) is 92.5 Å². The van der Waals surface area contributed by atoms with Crippen LogP contribution in [0.4, 0.5) is 0 Å². The monoisotopic (exact) mass is 355 g/mol. The maximum absolute atomic E-state index is 12.2. The smallest absolute Gasteiger partial charge is 0.240 e. The molecule has 24 heavy (non-hydrogen) atoms. The summed E-state index contributed by atoms with van der Waals surface area (Å²) in [5.74, 6) is 0.471. The zero-order chi connectivity index (χ0) is 18.3. The summed E-state index contributed by atoms with van der Waals surface area (Å²) >= 11 is 0. The summed E-state index contributed by atoms with van der Waals surface area (Å²) in [6.45, 7) is 4.80. The van der Waals surface area contributed by atoms with E-state index in [1.165, 1.54) is 7.05 Å². The minimum atomic E-state index is -3.42. The number of aryl methyl sites for hydroxylation is 1. The van der Waals surface area contributed by atoms with Crippen LogP contribution >= 0.6 is 0 Å². The van der Waals surface area contributed by atoms with E-state index in [2.05, 4.69) is 18.6 Å². The molecule has 0 aliphatic rings. The Bertz CT molecular complexity index is 627. The van der Waals surface area contributed by atoms with Gasteiger partial charge in [-0.25, -0.2) is 13.1 Å². The molecule has 0 aliphatic carbocycles. The van der Waals surface area contributed by atoms with E-state index >= 15 is 0 Å². The van der Waals surface area contributed by atoms with Gasteiger partial charge in [0.1, 0.15) is 0 Å². The third-order valence-corrected chi connectivity index (χ3v) is 5.64. The number of nitrogens with two attached hydrogens (primary N) is 1. The molecule has 0 radical (unpaired) electrons. The van der Waals surface area contributed by atoms with Crippen LogP contribution in [0.25, 0.3) is 0 Å². The number of hydrogen-bond acceptors (Lipinski definition) is 4. The van der Waals surface area contributed by atoms with Crippen LogP contribution in [0.2, 0.25) is 0 Å². The van der Waals surface area contributed by atoms with Gasteiger partial charge in [-0.1, -0.05) is 26.0 Å². The van der Waals surface area contributed by atoms with Crippen molar-refractivity contribution >= 4 is 15.9 Å². The Morgan fingerprint density at radius 2 is 1.83 bits per heavy atom. The lowest BCUT2D eigenvalue weighted by Gasteiger charge is -2.21. The van der Waals surface area contributed by atoms with Crippen LogP contribution in [0, 0.1) is 5.92 Å². The zero-order valence-electron chi connectivity index (χ0n) is 15.0. The second kappa shape index (κ2) is 9.15. The van der Waals surface area contributed by atoms with E-state index in [-0.39, 0.29) is 16.8 Å². The number of nitrogens with zero attached hydrogens (tertiary/aromatic N) is 1. The lowest BCUT2D eigenvalue weighted by molar-refractivity contribution is -0.129. The van der Waals surface area contributed by atoms with Gasteiger partial charge in [-0.3, -0.25) is 4.79 Å². The Morgan fingerprint density at radius 3 is 2.33 bits per heavy atom. The average Bonchev–Trinajstić information content (AvgIpc) is 2.57. The number of carbonyl (C=O) groups excluding carboxylic acids is 1. The summed E-state index contributed by atoms with van der Waals surface area (Å²) in [4.78, 5) is 14.1. The van der Waals surface area contributed by atoms with Gasteiger partial charge in [-0.2, -0.15) is 0 Å². The molecule has 1 aromatic carbocycles. The molecule has 1 unspecified atom stereocenters. The number of sulfonamides is 1. The fraction of sp³-hybridized carbons (Fsp3) is 0.588. The van der Waals surface area contributed by atoms with E-state index in [4.69, 9.17) is 5.73 Å². The van der Waals surface area contributed by atoms with Gasteiger partial charge in [0.2, 0.25) is 15.9 Å². The predicted molar refractivity (Wildman–Crippen MR) is 96.1 cm³/mol. The molecule has 0 saturated heterocycles. The van der Waals surface area contributed by atoms with Crippen molar-refractivity contribution in [1.29, 1.82) is 0 Å². The molecule has 3 N–H and O–H groups in total. The summed E-state index contributed by atoms with van der Waals surface area (Å²) in [5, 5.41) is 0. The number of benzene rings is 1. The van der Waals surface area contributed by atoms with E-state index in [0.29, 0.717) is 25.3 Å². The van der Waals surface area contributed by atoms with Crippen molar-refractivity contribution in [2.45, 2.75) is 44.0 Å². The number of amides is 1. The fourth-order valence-corrected chi connectivity index (χ4v) is 2.93. The first-order valence-corrected chi connectivity index (χ1v) is 9.67. The lowest BCUT2D eigenvalue weighted by Crippen LogP contribution is -2.34. The molecular formula is C17H29N3O3S. The van der Waals surface area contributed by atoms with E-state index in [9.17, 15) is 13.2 Å². The molecule has 0 spiro atoms. The van der Waals surface area contributed by atoms with Gasteiger partial charge < -0.3 is 10.6 Å². The molecule has 136 valence electrons. The summed E-state index contributed by atoms with van der Waals surface area (Å²) in [5.41, 5.74) is 6.93. The van der Waals surface area contributed by atoms with E-state index < -0.39 is 10.0 Å². The summed E-state index contributed by atoms with van der Waals surface area (Å²) in [6, 6.07) is 6.69. The summed E-state index contributed by atoms with van der Waals surface area (Å²) in [6.07, 6.45) is 1.77.